The molecule has 2 rings (SSSR count). The van der Waals surface area contributed by atoms with E-state index in [2.05, 4.69) is 29.4 Å². The molecule has 4 heteroatoms. The summed E-state index contributed by atoms with van der Waals surface area (Å²) in [5.41, 5.74) is 1.27. The standard InChI is InChI=1S/C16H24N2OS/c1-13(20-12-14-6-4-3-5-7-14)16(19)17-15-8-10-18(2)11-9-15/h3-7,13,15H,8-12H2,1-2H3,(H,17,19)/t13-/m1/s1. The molecular weight excluding hydrogens is 268 g/mol. The van der Waals surface area contributed by atoms with E-state index in [9.17, 15) is 4.79 Å². The van der Waals surface area contributed by atoms with Crippen molar-refractivity contribution in [3.8, 4) is 0 Å². The zero-order valence-electron chi connectivity index (χ0n) is 12.3. The lowest BCUT2D eigenvalue weighted by Gasteiger charge is -2.30. The summed E-state index contributed by atoms with van der Waals surface area (Å²) in [6.07, 6.45) is 2.14. The van der Waals surface area contributed by atoms with Crippen molar-refractivity contribution in [2.75, 3.05) is 20.1 Å². The fourth-order valence-corrected chi connectivity index (χ4v) is 3.20. The first-order valence-corrected chi connectivity index (χ1v) is 8.34. The van der Waals surface area contributed by atoms with Crippen LogP contribution < -0.4 is 5.32 Å². The first-order valence-electron chi connectivity index (χ1n) is 7.29. The number of nitrogens with zero attached hydrogens (tertiary/aromatic N) is 1. The highest BCUT2D eigenvalue weighted by atomic mass is 32.2. The second-order valence-corrected chi connectivity index (χ2v) is 6.85. The lowest BCUT2D eigenvalue weighted by atomic mass is 10.1. The molecule has 1 aliphatic rings. The van der Waals surface area contributed by atoms with Crippen molar-refractivity contribution in [1.82, 2.24) is 10.2 Å². The van der Waals surface area contributed by atoms with Crippen LogP contribution in [0.15, 0.2) is 30.3 Å². The van der Waals surface area contributed by atoms with Gasteiger partial charge in [0.25, 0.3) is 0 Å². The normalized spacial score (nSPS) is 18.7. The Morgan fingerprint density at radius 1 is 1.35 bits per heavy atom. The molecule has 1 aromatic carbocycles. The molecule has 1 aromatic rings. The van der Waals surface area contributed by atoms with Crippen LogP contribution in [-0.4, -0.2) is 42.2 Å². The first kappa shape index (κ1) is 15.4. The van der Waals surface area contributed by atoms with Crippen molar-refractivity contribution < 1.29 is 4.79 Å². The van der Waals surface area contributed by atoms with Crippen LogP contribution in [0.25, 0.3) is 0 Å². The van der Waals surface area contributed by atoms with Crippen molar-refractivity contribution in [1.29, 1.82) is 0 Å². The Hall–Kier alpha value is -1.00. The van der Waals surface area contributed by atoms with Crippen LogP contribution in [-0.2, 0) is 10.5 Å². The third kappa shape index (κ3) is 4.84. The minimum Gasteiger partial charge on any atom is -0.352 e. The van der Waals surface area contributed by atoms with Crippen molar-refractivity contribution in [3.05, 3.63) is 35.9 Å². The van der Waals surface area contributed by atoms with Gasteiger partial charge in [0, 0.05) is 11.8 Å². The van der Waals surface area contributed by atoms with Crippen LogP contribution in [0.2, 0.25) is 0 Å². The molecule has 20 heavy (non-hydrogen) atoms. The summed E-state index contributed by atoms with van der Waals surface area (Å²) < 4.78 is 0. The first-order chi connectivity index (χ1) is 9.65. The zero-order valence-corrected chi connectivity index (χ0v) is 13.2. The van der Waals surface area contributed by atoms with E-state index in [4.69, 9.17) is 0 Å². The fraction of sp³-hybridized carbons (Fsp3) is 0.562. The summed E-state index contributed by atoms with van der Waals surface area (Å²) in [6, 6.07) is 10.7. The molecule has 0 aliphatic carbocycles. The lowest BCUT2D eigenvalue weighted by Crippen LogP contribution is -2.45. The molecule has 0 aromatic heterocycles. The molecule has 0 unspecified atom stereocenters. The fourth-order valence-electron chi connectivity index (χ4n) is 2.34. The Morgan fingerprint density at radius 3 is 2.65 bits per heavy atom. The van der Waals surface area contributed by atoms with E-state index in [0.29, 0.717) is 6.04 Å². The van der Waals surface area contributed by atoms with E-state index in [1.165, 1.54) is 5.56 Å². The zero-order chi connectivity index (χ0) is 14.4. The van der Waals surface area contributed by atoms with Crippen molar-refractivity contribution in [3.63, 3.8) is 0 Å². The molecule has 0 radical (unpaired) electrons. The molecule has 1 heterocycles. The van der Waals surface area contributed by atoms with Gasteiger partial charge in [0.15, 0.2) is 0 Å². The van der Waals surface area contributed by atoms with Gasteiger partial charge in [0.1, 0.15) is 0 Å². The number of carbonyl (C=O) groups excluding carboxylic acids is 1. The average Bonchev–Trinajstić information content (AvgIpc) is 2.48. The van der Waals surface area contributed by atoms with Crippen LogP contribution in [0.1, 0.15) is 25.3 Å². The van der Waals surface area contributed by atoms with Crippen molar-refractivity contribution in [2.24, 2.45) is 0 Å². The number of likely N-dealkylation sites (tertiary alicyclic amines) is 1. The van der Waals surface area contributed by atoms with E-state index in [0.717, 1.165) is 31.7 Å². The largest absolute Gasteiger partial charge is 0.352 e. The number of rotatable bonds is 5. The Labute approximate surface area is 126 Å². The van der Waals surface area contributed by atoms with Gasteiger partial charge in [-0.3, -0.25) is 4.79 Å². The molecule has 110 valence electrons. The predicted molar refractivity (Wildman–Crippen MR) is 85.9 cm³/mol. The summed E-state index contributed by atoms with van der Waals surface area (Å²) >= 11 is 1.70. The molecule has 1 amide bonds. The van der Waals surface area contributed by atoms with Crippen molar-refractivity contribution in [2.45, 2.75) is 36.8 Å². The van der Waals surface area contributed by atoms with E-state index < -0.39 is 0 Å². The second-order valence-electron chi connectivity index (χ2n) is 5.52. The maximum absolute atomic E-state index is 12.2. The number of hydrogen-bond acceptors (Lipinski definition) is 3. The monoisotopic (exact) mass is 292 g/mol. The van der Waals surface area contributed by atoms with E-state index in [-0.39, 0.29) is 11.2 Å². The molecule has 1 aliphatic heterocycles. The van der Waals surface area contributed by atoms with Crippen LogP contribution in [0, 0.1) is 0 Å². The predicted octanol–water partition coefficient (Wildman–Crippen LogP) is 2.52. The molecular formula is C16H24N2OS. The summed E-state index contributed by atoms with van der Waals surface area (Å²) in [5.74, 6) is 1.07. The molecule has 0 saturated carbocycles. The van der Waals surface area contributed by atoms with Crippen molar-refractivity contribution >= 4 is 17.7 Å². The molecule has 1 saturated heterocycles. The van der Waals surface area contributed by atoms with Gasteiger partial charge >= 0.3 is 0 Å². The van der Waals surface area contributed by atoms with Gasteiger partial charge in [-0.25, -0.2) is 0 Å². The SMILES string of the molecule is C[C@@H](SCc1ccccc1)C(=O)NC1CCN(C)CC1. The van der Waals surface area contributed by atoms with Gasteiger partial charge in [0.2, 0.25) is 5.91 Å². The highest BCUT2D eigenvalue weighted by Gasteiger charge is 2.21. The highest BCUT2D eigenvalue weighted by molar-refractivity contribution is 7.99. The number of hydrogen-bond donors (Lipinski definition) is 1. The van der Waals surface area contributed by atoms with E-state index in [1.54, 1.807) is 11.8 Å². The number of thioether (sulfide) groups is 1. The third-order valence-corrected chi connectivity index (χ3v) is 4.99. The minimum absolute atomic E-state index is 0.00913. The van der Waals surface area contributed by atoms with Gasteiger partial charge in [-0.2, -0.15) is 0 Å². The number of nitrogens with one attached hydrogen (secondary N) is 1. The second kappa shape index (κ2) is 7.70. The Morgan fingerprint density at radius 2 is 2.00 bits per heavy atom. The lowest BCUT2D eigenvalue weighted by molar-refractivity contribution is -0.121. The van der Waals surface area contributed by atoms with E-state index in [1.807, 2.05) is 25.1 Å². The average molecular weight is 292 g/mol. The molecule has 1 atom stereocenters. The Kier molecular flexibility index (Phi) is 5.92. The maximum Gasteiger partial charge on any atom is 0.233 e. The summed E-state index contributed by atoms with van der Waals surface area (Å²) in [5, 5.41) is 3.20. The molecule has 3 nitrogen and oxygen atoms in total. The Bertz CT molecular complexity index is 416. The maximum atomic E-state index is 12.2. The van der Waals surface area contributed by atoms with Gasteiger partial charge in [-0.1, -0.05) is 30.3 Å². The summed E-state index contributed by atoms with van der Waals surface area (Å²) in [4.78, 5) is 14.5. The topological polar surface area (TPSA) is 32.3 Å². The van der Waals surface area contributed by atoms with Gasteiger partial charge in [-0.05, 0) is 45.5 Å². The molecule has 0 bridgehead atoms. The van der Waals surface area contributed by atoms with Crippen LogP contribution in [0.3, 0.4) is 0 Å². The van der Waals surface area contributed by atoms with Crippen LogP contribution in [0.4, 0.5) is 0 Å². The van der Waals surface area contributed by atoms with Gasteiger partial charge in [-0.15, -0.1) is 11.8 Å². The van der Waals surface area contributed by atoms with Gasteiger partial charge in [0.05, 0.1) is 5.25 Å². The van der Waals surface area contributed by atoms with Gasteiger partial charge < -0.3 is 10.2 Å². The highest BCUT2D eigenvalue weighted by Crippen LogP contribution is 2.18. The van der Waals surface area contributed by atoms with Crippen LogP contribution >= 0.6 is 11.8 Å². The van der Waals surface area contributed by atoms with E-state index >= 15 is 0 Å². The summed E-state index contributed by atoms with van der Waals surface area (Å²) in [6.45, 7) is 4.16. The summed E-state index contributed by atoms with van der Waals surface area (Å²) in [7, 11) is 2.14. The minimum atomic E-state index is 0.00913. The number of piperidine rings is 1. The third-order valence-electron chi connectivity index (χ3n) is 3.78. The quantitative estimate of drug-likeness (QED) is 0.905. The molecule has 1 fully saturated rings. The number of carbonyl (C=O) groups is 1. The smallest absolute Gasteiger partial charge is 0.233 e. The molecule has 1 N–H and O–H groups in total. The number of benzene rings is 1. The Balaban J connectivity index is 1.72. The number of amides is 1. The van der Waals surface area contributed by atoms with Crippen LogP contribution in [0.5, 0.6) is 0 Å². The molecule has 0 spiro atoms.